The van der Waals surface area contributed by atoms with Crippen molar-refractivity contribution in [3.05, 3.63) is 53.6 Å². The Morgan fingerprint density at radius 1 is 0.970 bits per heavy atom. The summed E-state index contributed by atoms with van der Waals surface area (Å²) in [5.74, 6) is -0.191. The molecule has 2 aliphatic rings. The van der Waals surface area contributed by atoms with Gasteiger partial charge in [-0.15, -0.1) is 0 Å². The van der Waals surface area contributed by atoms with Gasteiger partial charge in [-0.1, -0.05) is 12.1 Å². The largest absolute Gasteiger partial charge is 0.379 e. The molecule has 0 aromatic heterocycles. The van der Waals surface area contributed by atoms with Crippen molar-refractivity contribution in [2.45, 2.75) is 22.8 Å². The molecule has 2 aromatic carbocycles. The normalized spacial score (nSPS) is 17.1. The van der Waals surface area contributed by atoms with Gasteiger partial charge in [0, 0.05) is 31.9 Å². The molecule has 1 amide bonds. The summed E-state index contributed by atoms with van der Waals surface area (Å²) >= 11 is 0. The average Bonchev–Trinajstić information content (AvgIpc) is 3.20. The van der Waals surface area contributed by atoms with Crippen LogP contribution in [-0.2, 0) is 42.5 Å². The molecule has 4 rings (SSSR count). The molecular formula is C21H26N4O6S2. The summed E-state index contributed by atoms with van der Waals surface area (Å²) in [5.41, 5.74) is 2.44. The van der Waals surface area contributed by atoms with E-state index < -0.39 is 20.0 Å². The predicted octanol–water partition coefficient (Wildman–Crippen LogP) is 0.0338. The fraction of sp³-hybridized carbons (Fsp3) is 0.381. The number of nitrogens with zero attached hydrogens (tertiary/aromatic N) is 2. The van der Waals surface area contributed by atoms with Crippen molar-refractivity contribution in [3.8, 4) is 0 Å². The average molecular weight is 495 g/mol. The van der Waals surface area contributed by atoms with Gasteiger partial charge >= 0.3 is 0 Å². The number of benzene rings is 2. The predicted molar refractivity (Wildman–Crippen MR) is 122 cm³/mol. The van der Waals surface area contributed by atoms with Crippen LogP contribution in [0.4, 0.5) is 5.69 Å². The quantitative estimate of drug-likeness (QED) is 0.554. The first kappa shape index (κ1) is 23.6. The van der Waals surface area contributed by atoms with E-state index in [1.165, 1.54) is 10.4 Å². The van der Waals surface area contributed by atoms with Crippen LogP contribution >= 0.6 is 0 Å². The molecule has 0 radical (unpaired) electrons. The van der Waals surface area contributed by atoms with E-state index in [9.17, 15) is 21.6 Å². The van der Waals surface area contributed by atoms with Crippen LogP contribution in [-0.4, -0.2) is 66.4 Å². The topological polar surface area (TPSA) is 139 Å². The first-order valence-corrected chi connectivity index (χ1v) is 13.5. The summed E-state index contributed by atoms with van der Waals surface area (Å²) in [5, 5.41) is 8.03. The van der Waals surface area contributed by atoms with Gasteiger partial charge in [-0.05, 0) is 47.9 Å². The molecular weight excluding hydrogens is 468 g/mol. The summed E-state index contributed by atoms with van der Waals surface area (Å²) in [6.07, 6.45) is 0.630. The van der Waals surface area contributed by atoms with Crippen LogP contribution in [0.2, 0.25) is 0 Å². The van der Waals surface area contributed by atoms with Crippen LogP contribution in [0.3, 0.4) is 0 Å². The zero-order valence-corrected chi connectivity index (χ0v) is 19.6. The van der Waals surface area contributed by atoms with E-state index in [-0.39, 0.29) is 28.8 Å². The molecule has 3 N–H and O–H groups in total. The summed E-state index contributed by atoms with van der Waals surface area (Å²) in [7, 11) is -7.32. The van der Waals surface area contributed by atoms with Crippen molar-refractivity contribution in [1.29, 1.82) is 0 Å². The summed E-state index contributed by atoms with van der Waals surface area (Å²) in [6, 6.07) is 11.1. The molecule has 33 heavy (non-hydrogen) atoms. The molecule has 2 aromatic rings. The van der Waals surface area contributed by atoms with Gasteiger partial charge in [0.05, 0.1) is 29.5 Å². The van der Waals surface area contributed by atoms with E-state index in [1.807, 2.05) is 4.90 Å². The van der Waals surface area contributed by atoms with Gasteiger partial charge < -0.3 is 15.0 Å². The minimum Gasteiger partial charge on any atom is -0.379 e. The van der Waals surface area contributed by atoms with Gasteiger partial charge in [0.1, 0.15) is 0 Å². The van der Waals surface area contributed by atoms with Crippen molar-refractivity contribution in [2.24, 2.45) is 5.14 Å². The number of sulfonamides is 2. The van der Waals surface area contributed by atoms with Crippen LogP contribution in [0.25, 0.3) is 0 Å². The highest BCUT2D eigenvalue weighted by Gasteiger charge is 2.26. The first-order chi connectivity index (χ1) is 15.6. The van der Waals surface area contributed by atoms with Crippen molar-refractivity contribution >= 4 is 31.6 Å². The van der Waals surface area contributed by atoms with Gasteiger partial charge in [0.2, 0.25) is 26.0 Å². The number of nitrogens with one attached hydrogen (secondary N) is 1. The van der Waals surface area contributed by atoms with Crippen LogP contribution in [0.15, 0.2) is 52.3 Å². The maximum Gasteiger partial charge on any atom is 0.243 e. The summed E-state index contributed by atoms with van der Waals surface area (Å²) in [6.45, 7) is 2.44. The van der Waals surface area contributed by atoms with Crippen LogP contribution in [0.5, 0.6) is 0 Å². The lowest BCUT2D eigenvalue weighted by atomic mass is 10.2. The lowest BCUT2D eigenvalue weighted by Gasteiger charge is -2.26. The fourth-order valence-electron chi connectivity index (χ4n) is 3.93. The SMILES string of the molecule is NS(=O)(=O)c1ccc2c(c1)CCN2CC(=O)NCc1ccc(S(=O)(=O)N2CCOCC2)cc1. The maximum absolute atomic E-state index is 12.7. The van der Waals surface area contributed by atoms with E-state index in [0.29, 0.717) is 39.3 Å². The van der Waals surface area contributed by atoms with E-state index in [0.717, 1.165) is 16.8 Å². The van der Waals surface area contributed by atoms with Gasteiger partial charge in [0.25, 0.3) is 0 Å². The van der Waals surface area contributed by atoms with Crippen LogP contribution in [0, 0.1) is 0 Å². The molecule has 2 heterocycles. The Hall–Kier alpha value is -2.51. The number of morpholine rings is 1. The molecule has 178 valence electrons. The van der Waals surface area contributed by atoms with Crippen molar-refractivity contribution in [1.82, 2.24) is 9.62 Å². The Morgan fingerprint density at radius 2 is 1.64 bits per heavy atom. The second kappa shape index (κ2) is 9.39. The third kappa shape index (κ3) is 5.36. The molecule has 0 unspecified atom stereocenters. The highest BCUT2D eigenvalue weighted by Crippen LogP contribution is 2.29. The Morgan fingerprint density at radius 3 is 2.30 bits per heavy atom. The number of rotatable bonds is 7. The maximum atomic E-state index is 12.7. The van der Waals surface area contributed by atoms with Gasteiger partial charge in [-0.3, -0.25) is 4.79 Å². The number of nitrogens with two attached hydrogens (primary N) is 1. The Kier molecular flexibility index (Phi) is 6.73. The third-order valence-electron chi connectivity index (χ3n) is 5.73. The monoisotopic (exact) mass is 494 g/mol. The molecule has 0 atom stereocenters. The molecule has 2 aliphatic heterocycles. The number of primary sulfonamides is 1. The van der Waals surface area contributed by atoms with E-state index in [1.54, 1.807) is 36.4 Å². The third-order valence-corrected chi connectivity index (χ3v) is 8.55. The Labute approximate surface area is 193 Å². The summed E-state index contributed by atoms with van der Waals surface area (Å²) < 4.78 is 55.1. The number of carbonyl (C=O) groups excluding carboxylic acids is 1. The molecule has 0 bridgehead atoms. The first-order valence-electron chi connectivity index (χ1n) is 10.5. The second-order valence-electron chi connectivity index (χ2n) is 7.94. The van der Waals surface area contributed by atoms with E-state index in [2.05, 4.69) is 5.32 Å². The Balaban J connectivity index is 1.33. The number of anilines is 1. The number of carbonyl (C=O) groups is 1. The van der Waals surface area contributed by atoms with Crippen LogP contribution in [0.1, 0.15) is 11.1 Å². The number of hydrogen-bond donors (Lipinski definition) is 2. The van der Waals surface area contributed by atoms with Gasteiger partial charge in [-0.25, -0.2) is 22.0 Å². The number of fused-ring (bicyclic) bond motifs is 1. The molecule has 1 fully saturated rings. The minimum atomic E-state index is -3.77. The highest BCUT2D eigenvalue weighted by atomic mass is 32.2. The highest BCUT2D eigenvalue weighted by molar-refractivity contribution is 7.89. The number of amides is 1. The molecule has 10 nitrogen and oxygen atoms in total. The van der Waals surface area contributed by atoms with Crippen molar-refractivity contribution in [3.63, 3.8) is 0 Å². The zero-order chi connectivity index (χ0) is 23.6. The zero-order valence-electron chi connectivity index (χ0n) is 17.9. The van der Waals surface area contributed by atoms with Crippen molar-refractivity contribution in [2.75, 3.05) is 44.3 Å². The number of ether oxygens (including phenoxy) is 1. The van der Waals surface area contributed by atoms with Crippen molar-refractivity contribution < 1.29 is 26.4 Å². The molecule has 0 spiro atoms. The van der Waals surface area contributed by atoms with E-state index >= 15 is 0 Å². The van der Waals surface area contributed by atoms with Gasteiger partial charge in [0.15, 0.2) is 0 Å². The smallest absolute Gasteiger partial charge is 0.243 e. The lowest BCUT2D eigenvalue weighted by Crippen LogP contribution is -2.40. The second-order valence-corrected chi connectivity index (χ2v) is 11.4. The lowest BCUT2D eigenvalue weighted by molar-refractivity contribution is -0.119. The fourth-order valence-corrected chi connectivity index (χ4v) is 5.91. The minimum absolute atomic E-state index is 0.0617. The standard InChI is InChI=1S/C21H26N4O6S2/c22-32(27,28)19-5-6-20-17(13-19)7-8-24(20)15-21(26)23-14-16-1-3-18(4-2-16)33(29,30)25-9-11-31-12-10-25/h1-6,13H,7-12,14-15H2,(H,23,26)(H2,22,27,28). The molecule has 0 aliphatic carbocycles. The summed E-state index contributed by atoms with van der Waals surface area (Å²) in [4.78, 5) is 14.6. The van der Waals surface area contributed by atoms with E-state index in [4.69, 9.17) is 9.88 Å². The molecule has 1 saturated heterocycles. The van der Waals surface area contributed by atoms with Crippen LogP contribution < -0.4 is 15.4 Å². The Bertz CT molecular complexity index is 1240. The van der Waals surface area contributed by atoms with Gasteiger partial charge in [-0.2, -0.15) is 4.31 Å². The number of hydrogen-bond acceptors (Lipinski definition) is 7. The molecule has 0 saturated carbocycles. The molecule has 12 heteroatoms.